The van der Waals surface area contributed by atoms with Crippen molar-refractivity contribution >= 4 is 5.96 Å². The minimum absolute atomic E-state index is 0.230. The van der Waals surface area contributed by atoms with E-state index in [2.05, 4.69) is 46.5 Å². The predicted molar refractivity (Wildman–Crippen MR) is 120 cm³/mol. The molecule has 0 spiro atoms. The van der Waals surface area contributed by atoms with Crippen LogP contribution in [0.2, 0.25) is 0 Å². The van der Waals surface area contributed by atoms with Crippen molar-refractivity contribution in [3.63, 3.8) is 0 Å². The zero-order valence-corrected chi connectivity index (χ0v) is 18.6. The first-order valence-corrected chi connectivity index (χ1v) is 10.8. The zero-order valence-electron chi connectivity index (χ0n) is 18.6. The number of likely N-dealkylation sites (tertiary alicyclic amines) is 1. The van der Waals surface area contributed by atoms with Gasteiger partial charge in [-0.1, -0.05) is 18.2 Å². The molecule has 164 valence electrons. The molecule has 0 saturated carbocycles. The Kier molecular flexibility index (Phi) is 10.8. The quantitative estimate of drug-likeness (QED) is 0.410. The minimum atomic E-state index is 0.230. The van der Waals surface area contributed by atoms with Gasteiger partial charge in [0, 0.05) is 38.9 Å². The molecule has 1 saturated heterocycles. The molecule has 1 aromatic rings. The summed E-state index contributed by atoms with van der Waals surface area (Å²) >= 11 is 0. The van der Waals surface area contributed by atoms with Crippen molar-refractivity contribution in [2.24, 2.45) is 4.99 Å². The molecule has 1 heterocycles. The van der Waals surface area contributed by atoms with Crippen LogP contribution in [0.3, 0.4) is 0 Å². The van der Waals surface area contributed by atoms with Crippen LogP contribution in [-0.4, -0.2) is 89.4 Å². The van der Waals surface area contributed by atoms with Crippen molar-refractivity contribution in [2.45, 2.75) is 25.8 Å². The first kappa shape index (κ1) is 23.4. The van der Waals surface area contributed by atoms with Gasteiger partial charge >= 0.3 is 0 Å². The first-order chi connectivity index (χ1) is 14.2. The third-order valence-electron chi connectivity index (χ3n) is 5.31. The van der Waals surface area contributed by atoms with Gasteiger partial charge in [-0.3, -0.25) is 9.89 Å². The summed E-state index contributed by atoms with van der Waals surface area (Å²) in [7, 11) is 5.59. The number of para-hydroxylation sites is 1. The molecule has 1 aliphatic rings. The van der Waals surface area contributed by atoms with Crippen LogP contribution in [0.4, 0.5) is 0 Å². The number of guanidine groups is 1. The lowest BCUT2D eigenvalue weighted by atomic mass is 10.0. The third-order valence-corrected chi connectivity index (χ3v) is 5.31. The lowest BCUT2D eigenvalue weighted by Crippen LogP contribution is -2.42. The van der Waals surface area contributed by atoms with Crippen LogP contribution in [0.1, 0.15) is 31.4 Å². The number of benzene rings is 1. The van der Waals surface area contributed by atoms with Crippen LogP contribution >= 0.6 is 0 Å². The van der Waals surface area contributed by atoms with Crippen LogP contribution < -0.4 is 15.4 Å². The molecule has 0 bridgehead atoms. The summed E-state index contributed by atoms with van der Waals surface area (Å²) in [5, 5.41) is 6.83. The Hall–Kier alpha value is -1.83. The van der Waals surface area contributed by atoms with E-state index in [9.17, 15) is 0 Å². The Morgan fingerprint density at radius 1 is 1.17 bits per heavy atom. The standard InChI is InChI=1S/C22H39N5O2/c1-5-23-22(24-12-15-26(2)16-17-28-3)25-18-20(27-13-8-9-14-27)19-10-6-7-11-21(19)29-4/h6-7,10-11,20H,5,8-9,12-18H2,1-4H3,(H2,23,24,25). The number of rotatable bonds is 12. The zero-order chi connectivity index (χ0) is 20.9. The Balaban J connectivity index is 2.03. The van der Waals surface area contributed by atoms with Gasteiger partial charge in [-0.05, 0) is 46.0 Å². The van der Waals surface area contributed by atoms with E-state index in [4.69, 9.17) is 14.5 Å². The fraction of sp³-hybridized carbons (Fsp3) is 0.682. The molecule has 29 heavy (non-hydrogen) atoms. The van der Waals surface area contributed by atoms with Gasteiger partial charge in [0.25, 0.3) is 0 Å². The van der Waals surface area contributed by atoms with E-state index in [0.29, 0.717) is 6.54 Å². The molecule has 2 rings (SSSR count). The number of nitrogens with one attached hydrogen (secondary N) is 2. The Bertz CT molecular complexity index is 605. The topological polar surface area (TPSA) is 61.4 Å². The molecule has 1 fully saturated rings. The van der Waals surface area contributed by atoms with Gasteiger partial charge < -0.3 is 25.0 Å². The summed E-state index contributed by atoms with van der Waals surface area (Å²) in [4.78, 5) is 9.71. The number of hydrogen-bond donors (Lipinski definition) is 2. The maximum absolute atomic E-state index is 5.64. The number of nitrogens with zero attached hydrogens (tertiary/aromatic N) is 3. The van der Waals surface area contributed by atoms with Crippen molar-refractivity contribution < 1.29 is 9.47 Å². The van der Waals surface area contributed by atoms with Gasteiger partial charge in [-0.25, -0.2) is 0 Å². The van der Waals surface area contributed by atoms with Gasteiger partial charge in [0.1, 0.15) is 5.75 Å². The van der Waals surface area contributed by atoms with Crippen molar-refractivity contribution in [2.75, 3.05) is 73.7 Å². The van der Waals surface area contributed by atoms with Crippen molar-refractivity contribution in [3.05, 3.63) is 29.8 Å². The molecule has 0 aromatic heterocycles. The number of methoxy groups -OCH3 is 2. The highest BCUT2D eigenvalue weighted by Gasteiger charge is 2.25. The summed E-state index contributed by atoms with van der Waals surface area (Å²) in [6.07, 6.45) is 2.50. The fourth-order valence-electron chi connectivity index (χ4n) is 3.65. The smallest absolute Gasteiger partial charge is 0.191 e. The van der Waals surface area contributed by atoms with Gasteiger partial charge in [0.15, 0.2) is 5.96 Å². The number of hydrogen-bond acceptors (Lipinski definition) is 5. The first-order valence-electron chi connectivity index (χ1n) is 10.8. The minimum Gasteiger partial charge on any atom is -0.496 e. The second kappa shape index (κ2) is 13.4. The molecule has 1 atom stereocenters. The largest absolute Gasteiger partial charge is 0.496 e. The summed E-state index contributed by atoms with van der Waals surface area (Å²) in [5.41, 5.74) is 1.22. The lowest BCUT2D eigenvalue weighted by molar-refractivity contribution is 0.162. The molecule has 1 aliphatic heterocycles. The summed E-state index contributed by atoms with van der Waals surface area (Å²) in [6, 6.07) is 8.56. The molecule has 7 nitrogen and oxygen atoms in total. The van der Waals surface area contributed by atoms with E-state index < -0.39 is 0 Å². The maximum Gasteiger partial charge on any atom is 0.191 e. The highest BCUT2D eigenvalue weighted by Crippen LogP contribution is 2.31. The molecule has 1 unspecified atom stereocenters. The Morgan fingerprint density at radius 2 is 1.93 bits per heavy atom. The van der Waals surface area contributed by atoms with Gasteiger partial charge in [-0.2, -0.15) is 0 Å². The molecule has 0 amide bonds. The van der Waals surface area contributed by atoms with Crippen LogP contribution in [0.5, 0.6) is 5.75 Å². The van der Waals surface area contributed by atoms with Crippen LogP contribution in [0, 0.1) is 0 Å². The Morgan fingerprint density at radius 3 is 2.62 bits per heavy atom. The second-order valence-corrected chi connectivity index (χ2v) is 7.44. The fourth-order valence-corrected chi connectivity index (χ4v) is 3.65. The van der Waals surface area contributed by atoms with Crippen LogP contribution in [0.25, 0.3) is 0 Å². The normalized spacial score (nSPS) is 16.2. The second-order valence-electron chi connectivity index (χ2n) is 7.44. The molecule has 2 N–H and O–H groups in total. The lowest BCUT2D eigenvalue weighted by Gasteiger charge is -2.28. The molecule has 0 aliphatic carbocycles. The summed E-state index contributed by atoms with van der Waals surface area (Å²) in [5.74, 6) is 1.81. The Labute approximate surface area is 176 Å². The molecule has 7 heteroatoms. The highest BCUT2D eigenvalue weighted by atomic mass is 16.5. The predicted octanol–water partition coefficient (Wildman–Crippen LogP) is 1.97. The number of aliphatic imine (C=N–C) groups is 1. The van der Waals surface area contributed by atoms with E-state index in [1.54, 1.807) is 14.2 Å². The molecular formula is C22H39N5O2. The van der Waals surface area contributed by atoms with Crippen LogP contribution in [-0.2, 0) is 4.74 Å². The van der Waals surface area contributed by atoms with Crippen molar-refractivity contribution in [1.29, 1.82) is 0 Å². The van der Waals surface area contributed by atoms with Crippen molar-refractivity contribution in [1.82, 2.24) is 20.4 Å². The average Bonchev–Trinajstić information content (AvgIpc) is 3.27. The van der Waals surface area contributed by atoms with Gasteiger partial charge in [0.2, 0.25) is 0 Å². The van der Waals surface area contributed by atoms with Gasteiger partial charge in [-0.15, -0.1) is 0 Å². The SMILES string of the molecule is CCNC(=NCC(c1ccccc1OC)N1CCCC1)NCCN(C)CCOC. The summed E-state index contributed by atoms with van der Waals surface area (Å²) < 4.78 is 10.8. The number of ether oxygens (including phenoxy) is 2. The van der Waals surface area contributed by atoms with E-state index in [-0.39, 0.29) is 6.04 Å². The van der Waals surface area contributed by atoms with E-state index in [1.807, 2.05) is 12.1 Å². The van der Waals surface area contributed by atoms with Gasteiger partial charge in [0.05, 0.1) is 26.3 Å². The van der Waals surface area contributed by atoms with E-state index in [0.717, 1.165) is 57.6 Å². The molecular weight excluding hydrogens is 366 g/mol. The average molecular weight is 406 g/mol. The van der Waals surface area contributed by atoms with E-state index >= 15 is 0 Å². The van der Waals surface area contributed by atoms with Crippen LogP contribution in [0.15, 0.2) is 29.3 Å². The third kappa shape index (κ3) is 7.84. The van der Waals surface area contributed by atoms with Crippen molar-refractivity contribution in [3.8, 4) is 5.75 Å². The molecule has 0 radical (unpaired) electrons. The maximum atomic E-state index is 5.64. The summed E-state index contributed by atoms with van der Waals surface area (Å²) in [6.45, 7) is 9.34. The highest BCUT2D eigenvalue weighted by molar-refractivity contribution is 5.79. The number of likely N-dealkylation sites (N-methyl/N-ethyl adjacent to an activating group) is 1. The monoisotopic (exact) mass is 405 g/mol. The molecule has 1 aromatic carbocycles. The van der Waals surface area contributed by atoms with E-state index in [1.165, 1.54) is 18.4 Å².